The Balaban J connectivity index is 1.32. The molecular formula is C84H76N7O14P7. The van der Waals surface area contributed by atoms with Crippen LogP contribution in [0.4, 0.5) is 0 Å². The van der Waals surface area contributed by atoms with Crippen molar-refractivity contribution in [3.8, 4) is 80.5 Å². The van der Waals surface area contributed by atoms with Gasteiger partial charge in [-0.1, -0.05) is 0 Å². The first kappa shape index (κ1) is 76.2. The van der Waals surface area contributed by atoms with E-state index in [-0.39, 0.29) is 80.5 Å². The monoisotopic (exact) mass is 1620 g/mol. The molecule has 0 radical (unpaired) electrons. The van der Waals surface area contributed by atoms with Crippen molar-refractivity contribution in [3.05, 3.63) is 425 Å². The van der Waals surface area contributed by atoms with Gasteiger partial charge in [-0.2, -0.15) is 0 Å². The van der Waals surface area contributed by atoms with Crippen LogP contribution >= 0.6 is 57.1 Å². The van der Waals surface area contributed by atoms with Crippen LogP contribution in [0.3, 0.4) is 0 Å². The van der Waals surface area contributed by atoms with Crippen LogP contribution < -0.4 is 78.8 Å². The molecule has 3 unspecified atom stereocenters. The van der Waals surface area contributed by atoms with E-state index >= 15 is 0 Å². The number of benzene rings is 14. The van der Waals surface area contributed by atoms with Crippen molar-refractivity contribution in [2.75, 3.05) is 0 Å². The molecular weight excluding hydrogens is 1550 g/mol. The fourth-order valence-corrected chi connectivity index (χ4v) is 34.7. The Kier molecular flexibility index (Phi) is 23.9. The molecule has 0 saturated carbocycles. The van der Waals surface area contributed by atoms with Crippen LogP contribution in [0.2, 0.25) is 0 Å². The van der Waals surface area contributed by atoms with Gasteiger partial charge in [-0.05, 0) is 0 Å². The van der Waals surface area contributed by atoms with Crippen LogP contribution in [-0.4, -0.2) is 13.8 Å². The van der Waals surface area contributed by atoms with Gasteiger partial charge in [-0.3, -0.25) is 0 Å². The van der Waals surface area contributed by atoms with Crippen molar-refractivity contribution in [2.45, 2.75) is 0 Å². The molecule has 1 heterocycles. The molecule has 112 heavy (non-hydrogen) atoms. The molecule has 14 aromatic carbocycles. The summed E-state index contributed by atoms with van der Waals surface area (Å²) >= 11 is 0. The number of nitrogens with zero attached hydrogens (tertiary/aromatic N) is 4. The van der Waals surface area contributed by atoms with Crippen molar-refractivity contribution in [3.63, 3.8) is 0 Å². The van der Waals surface area contributed by atoms with E-state index in [4.69, 9.17) is 68.8 Å². The summed E-state index contributed by atoms with van der Waals surface area (Å²) in [5, 5.41) is 0. The zero-order chi connectivity index (χ0) is 76.0. The van der Waals surface area contributed by atoms with E-state index < -0.39 is 57.1 Å². The second-order valence-electron chi connectivity index (χ2n) is 24.2. The van der Waals surface area contributed by atoms with Gasteiger partial charge in [-0.15, -0.1) is 0 Å². The van der Waals surface area contributed by atoms with E-state index in [0.29, 0.717) is 0 Å². The summed E-state index contributed by atoms with van der Waals surface area (Å²) in [5.74, 6) is 0.724. The van der Waals surface area contributed by atoms with Gasteiger partial charge in [0.05, 0.1) is 0 Å². The number of hydrogen-bond acceptors (Lipinski definition) is 21. The number of hydrogen-bond donors (Lipinski definition) is 3. The van der Waals surface area contributed by atoms with Gasteiger partial charge in [0, 0.05) is 0 Å². The van der Waals surface area contributed by atoms with Gasteiger partial charge in [0.15, 0.2) is 0 Å². The Labute approximate surface area is 655 Å². The van der Waals surface area contributed by atoms with Gasteiger partial charge in [0.1, 0.15) is 0 Å². The average molecular weight is 1620 g/mol. The van der Waals surface area contributed by atoms with Crippen LogP contribution in [0.15, 0.2) is 429 Å². The zero-order valence-electron chi connectivity index (χ0n) is 59.7. The van der Waals surface area contributed by atoms with Crippen molar-refractivity contribution in [2.24, 2.45) is 4.52 Å². The first-order chi connectivity index (χ1) is 55.2. The van der Waals surface area contributed by atoms with Gasteiger partial charge >= 0.3 is 659 Å². The molecule has 0 spiro atoms. The predicted molar refractivity (Wildman–Crippen MR) is 449 cm³/mol. The summed E-state index contributed by atoms with van der Waals surface area (Å²) < 4.78 is 104. The van der Waals surface area contributed by atoms with Crippen LogP contribution in [-0.2, 0) is 0 Å². The fraction of sp³-hybridized carbons (Fsp3) is 0. The summed E-state index contributed by atoms with van der Waals surface area (Å²) in [5.41, 5.74) is 0. The molecule has 0 bridgehead atoms. The van der Waals surface area contributed by atoms with Gasteiger partial charge in [0.2, 0.25) is 0 Å². The Morgan fingerprint density at radius 3 is 0.723 bits per heavy atom. The van der Waals surface area contributed by atoms with E-state index in [9.17, 15) is 0 Å². The van der Waals surface area contributed by atoms with Crippen LogP contribution in [0.25, 0.3) is 0 Å². The molecule has 21 nitrogen and oxygen atoms in total. The Morgan fingerprint density at radius 2 is 0.446 bits per heavy atom. The predicted octanol–water partition coefficient (Wildman–Crippen LogP) is 24.4. The zero-order valence-corrected chi connectivity index (χ0v) is 66.3. The molecule has 566 valence electrons. The first-order valence-electron chi connectivity index (χ1n) is 35.3. The van der Waals surface area contributed by atoms with Crippen molar-refractivity contribution < 1.29 is 64.3 Å². The van der Waals surface area contributed by atoms with Crippen LogP contribution in [0.5, 0.6) is 80.5 Å². The minimum absolute atomic E-state index is 0.00906. The quantitative estimate of drug-likeness (QED) is 0.0393. The van der Waals surface area contributed by atoms with E-state index in [0.717, 1.165) is 0 Å². The first-order valence-corrected chi connectivity index (χ1v) is 45.5. The molecule has 0 aromatic heterocycles. The number of nitrogens with one attached hydrogen (secondary N) is 3. The third-order valence-electron chi connectivity index (χ3n) is 16.1. The summed E-state index contributed by atoms with van der Waals surface area (Å²) in [4.78, 5) is 36.5. The number of para-hydroxylation sites is 14. The molecule has 3 N–H and O–H groups in total. The normalized spacial score (nSPS) is 18.0. The Bertz CT molecular complexity index is 4940. The van der Waals surface area contributed by atoms with Gasteiger partial charge < -0.3 is 0 Å². The fourth-order valence-electron chi connectivity index (χ4n) is 11.4. The maximum atomic E-state index is 8.88. The van der Waals surface area contributed by atoms with E-state index in [2.05, 4.69) is 14.6 Å². The molecule has 14 aromatic rings. The molecule has 3 atom stereocenters. The SMILES string of the molecule is c1ccc(ON2P(Oc3ccccc3)(Oc3ccccc3)=NPNPNPNP(Oc3ccccc3)(Oc3ccccc3)(Oc3ccccc3)N(Oc3ccccc3)P(Oc3ccccc3)(Oc3ccccc3)(Oc3ccccc3)N(Oc3ccccc3)P2(Oc2ccccc2)(Oc2ccccc2)Oc2ccccc2)cc1. The summed E-state index contributed by atoms with van der Waals surface area (Å²) in [6.07, 6.45) is 0. The third kappa shape index (κ3) is 17.0. The Hall–Kier alpha value is -11.2. The van der Waals surface area contributed by atoms with Gasteiger partial charge in [0.25, 0.3) is 0 Å². The molecule has 0 fully saturated rings. The molecule has 15 rings (SSSR count). The van der Waals surface area contributed by atoms with Crippen LogP contribution in [0.1, 0.15) is 0 Å². The summed E-state index contributed by atoms with van der Waals surface area (Å²) in [6, 6.07) is 125. The molecule has 1 aliphatic heterocycles. The minimum atomic E-state index is -7.92. The van der Waals surface area contributed by atoms with Gasteiger partial charge in [-0.25, -0.2) is 0 Å². The Morgan fingerprint density at radius 1 is 0.223 bits per heavy atom. The van der Waals surface area contributed by atoms with Crippen molar-refractivity contribution in [1.29, 1.82) is 0 Å². The van der Waals surface area contributed by atoms with E-state index in [1.807, 2.05) is 146 Å². The van der Waals surface area contributed by atoms with E-state index in [1.165, 1.54) is 13.8 Å². The second kappa shape index (κ2) is 35.0. The molecule has 1 aliphatic rings. The maximum absolute atomic E-state index is 8.88. The number of rotatable bonds is 28. The standard InChI is InChI=1S/C84H76N7O14P7/c1-15-43-71(44-16-1)92-89-109(95-74-49-21-4-22-50-74,96-75-51-23-5-24-52-75)87-107-85-106-86-108-88-110(97-76-53-25-6-26-54-76,98-77-55-27-7-28-56-77,99-78-57-29-8-30-58-78)90(93-72-45-17-2-18-46-72)112(103-82-65-37-12-38-66-82,104-83-67-39-13-40-68-83,105-84-69-41-14-42-70-84)91(94-73-47-19-3-20-48-73)111(89,100-79-59-31-9-32-60-79,101-80-61-33-10-34-62-80)102-81-63-35-11-36-64-81/h1-70,85-86,88,106-108H. The average Bonchev–Trinajstić information content (AvgIpc) is 0.641. The summed E-state index contributed by atoms with van der Waals surface area (Å²) in [6.45, 7) is 0. The third-order valence-corrected chi connectivity index (χ3v) is 36.0. The molecule has 0 aliphatic carbocycles. The van der Waals surface area contributed by atoms with E-state index in [1.54, 1.807) is 279 Å². The summed E-state index contributed by atoms with van der Waals surface area (Å²) in [7, 11) is -29.8. The molecule has 28 heteroatoms. The molecule has 0 amide bonds. The topological polar surface area (TPSA) is 187 Å². The second-order valence-corrected chi connectivity index (χ2v) is 39.6. The molecule has 0 saturated heterocycles. The van der Waals surface area contributed by atoms with Crippen molar-refractivity contribution >= 4 is 57.1 Å². The van der Waals surface area contributed by atoms with Crippen LogP contribution in [0, 0.1) is 0 Å². The van der Waals surface area contributed by atoms with Crippen molar-refractivity contribution in [1.82, 2.24) is 28.4 Å².